The van der Waals surface area contributed by atoms with Crippen molar-refractivity contribution in [2.45, 2.75) is 0 Å². The van der Waals surface area contributed by atoms with Gasteiger partial charge in [-0.05, 0) is 151 Å². The van der Waals surface area contributed by atoms with Gasteiger partial charge in [-0.1, -0.05) is 206 Å². The van der Waals surface area contributed by atoms with Crippen LogP contribution in [0.15, 0.2) is 291 Å². The van der Waals surface area contributed by atoms with E-state index in [0.717, 1.165) is 34.1 Å². The van der Waals surface area contributed by atoms with Crippen LogP contribution >= 0.6 is 22.7 Å². The van der Waals surface area contributed by atoms with E-state index in [2.05, 4.69) is 301 Å². The van der Waals surface area contributed by atoms with Crippen LogP contribution in [0.2, 0.25) is 0 Å². The van der Waals surface area contributed by atoms with E-state index in [1.54, 1.807) is 0 Å². The highest BCUT2D eigenvalue weighted by atomic mass is 32.1. The first-order valence-corrected chi connectivity index (χ1v) is 27.4. The molecule has 14 rings (SSSR count). The molecule has 0 saturated carbocycles. The number of thiophene rings is 2. The van der Waals surface area contributed by atoms with E-state index < -0.39 is 0 Å². The normalized spacial score (nSPS) is 11.4. The highest BCUT2D eigenvalue weighted by Crippen LogP contribution is 2.47. The first-order valence-electron chi connectivity index (χ1n) is 25.8. The maximum Gasteiger partial charge on any atom is 0.0540 e. The third-order valence-corrected chi connectivity index (χ3v) is 17.2. The van der Waals surface area contributed by atoms with Crippen molar-refractivity contribution in [3.63, 3.8) is 0 Å². The number of hydrogen-bond donors (Lipinski definition) is 0. The Morgan fingerprint density at radius 2 is 0.513 bits per heavy atom. The van der Waals surface area contributed by atoms with Crippen molar-refractivity contribution >= 4 is 99.9 Å². The van der Waals surface area contributed by atoms with Crippen LogP contribution in [0, 0.1) is 0 Å². The van der Waals surface area contributed by atoms with E-state index in [4.69, 9.17) is 0 Å². The highest BCUT2D eigenvalue weighted by molar-refractivity contribution is 7.25. The number of anilines is 6. The summed E-state index contributed by atoms with van der Waals surface area (Å²) in [6, 6.07) is 106. The molecule has 12 aromatic carbocycles. The van der Waals surface area contributed by atoms with Crippen molar-refractivity contribution in [1.82, 2.24) is 0 Å². The lowest BCUT2D eigenvalue weighted by Crippen LogP contribution is -2.10. The SMILES string of the molecule is c1ccc(N(c2ccc(-c3ccc(-c4ccc(-c5ccc(N(c6ccccc6)c6ccc(-c7cccc8ccccc78)c7ccccc67)cc5)s4)s3)cc2)c2ccc(-c3cccc4ccccc34)c3ccccc23)cc1. The van der Waals surface area contributed by atoms with Crippen molar-refractivity contribution in [3.8, 4) is 52.9 Å². The van der Waals surface area contributed by atoms with Crippen molar-refractivity contribution in [1.29, 1.82) is 0 Å². The van der Waals surface area contributed by atoms with Gasteiger partial charge in [0.15, 0.2) is 0 Å². The molecule has 76 heavy (non-hydrogen) atoms. The molecular weight excluding hydrogens is 957 g/mol. The van der Waals surface area contributed by atoms with Crippen LogP contribution in [0.25, 0.3) is 96.0 Å². The summed E-state index contributed by atoms with van der Waals surface area (Å²) in [5.41, 5.74) is 14.1. The van der Waals surface area contributed by atoms with Gasteiger partial charge < -0.3 is 9.80 Å². The lowest BCUT2D eigenvalue weighted by atomic mass is 9.93. The minimum atomic E-state index is 1.11. The molecule has 2 nitrogen and oxygen atoms in total. The Kier molecular flexibility index (Phi) is 11.6. The average Bonchev–Trinajstić information content (AvgIpc) is 4.20. The van der Waals surface area contributed by atoms with Crippen LogP contribution < -0.4 is 9.80 Å². The molecule has 0 bridgehead atoms. The fourth-order valence-electron chi connectivity index (χ4n) is 11.2. The monoisotopic (exact) mass is 1000 g/mol. The van der Waals surface area contributed by atoms with Gasteiger partial charge in [-0.3, -0.25) is 0 Å². The van der Waals surface area contributed by atoms with Gasteiger partial charge in [0, 0.05) is 53.0 Å². The Labute approximate surface area is 450 Å². The Bertz CT molecular complexity index is 4110. The van der Waals surface area contributed by atoms with Crippen LogP contribution in [-0.2, 0) is 0 Å². The lowest BCUT2D eigenvalue weighted by Gasteiger charge is -2.27. The van der Waals surface area contributed by atoms with Crippen LogP contribution in [-0.4, -0.2) is 0 Å². The van der Waals surface area contributed by atoms with E-state index >= 15 is 0 Å². The summed E-state index contributed by atoms with van der Waals surface area (Å²) < 4.78 is 0. The molecule has 2 heterocycles. The molecule has 0 unspecified atom stereocenters. The fourth-order valence-corrected chi connectivity index (χ4v) is 13.3. The van der Waals surface area contributed by atoms with E-state index in [9.17, 15) is 0 Å². The van der Waals surface area contributed by atoms with Gasteiger partial charge in [-0.2, -0.15) is 0 Å². The molecule has 358 valence electrons. The molecule has 4 heteroatoms. The number of para-hydroxylation sites is 2. The molecule has 0 aliphatic carbocycles. The van der Waals surface area contributed by atoms with E-state index in [1.807, 2.05) is 22.7 Å². The van der Waals surface area contributed by atoms with Crippen molar-refractivity contribution < 1.29 is 0 Å². The zero-order valence-electron chi connectivity index (χ0n) is 41.4. The molecule has 0 aliphatic rings. The lowest BCUT2D eigenvalue weighted by molar-refractivity contribution is 1.30. The number of fused-ring (bicyclic) bond motifs is 4. The summed E-state index contributed by atoms with van der Waals surface area (Å²) in [4.78, 5) is 9.81. The van der Waals surface area contributed by atoms with Crippen molar-refractivity contribution in [2.75, 3.05) is 9.80 Å². The first-order chi connectivity index (χ1) is 37.7. The minimum Gasteiger partial charge on any atom is -0.310 e. The highest BCUT2D eigenvalue weighted by Gasteiger charge is 2.21. The number of hydrogen-bond acceptors (Lipinski definition) is 4. The molecule has 0 aliphatic heterocycles. The Balaban J connectivity index is 0.748. The summed E-state index contributed by atoms with van der Waals surface area (Å²) in [7, 11) is 0. The van der Waals surface area contributed by atoms with Gasteiger partial charge in [-0.25, -0.2) is 0 Å². The fraction of sp³-hybridized carbons (Fsp3) is 0. The standard InChI is InChI=1S/C72H48N2S2/c1-3-21-53(22-4-1)73(67-43-41-63(61-27-11-13-29-65(61)67)59-31-15-19-49-17-7-9-25-57(49)59)55-37-33-51(34-38-55)69-45-47-71(75-69)72-48-46-70(76-72)52-35-39-56(40-36-52)74(54-23-5-2-6-24-54)68-44-42-64(62-28-12-14-30-66(62)68)60-32-16-20-50-18-8-10-26-58(50)60/h1-48H. The van der Waals surface area contributed by atoms with Crippen LogP contribution in [0.1, 0.15) is 0 Å². The molecule has 0 spiro atoms. The second kappa shape index (κ2) is 19.5. The maximum atomic E-state index is 2.39. The van der Waals surface area contributed by atoms with Gasteiger partial charge >= 0.3 is 0 Å². The zero-order valence-corrected chi connectivity index (χ0v) is 43.1. The van der Waals surface area contributed by atoms with Gasteiger partial charge in [-0.15, -0.1) is 22.7 Å². The summed E-state index contributed by atoms with van der Waals surface area (Å²) in [6.07, 6.45) is 0. The number of nitrogens with zero attached hydrogens (tertiary/aromatic N) is 2. The Hall–Kier alpha value is -9.32. The maximum absolute atomic E-state index is 2.39. The zero-order chi connectivity index (χ0) is 50.4. The van der Waals surface area contributed by atoms with E-state index in [0.29, 0.717) is 0 Å². The minimum absolute atomic E-state index is 1.11. The Morgan fingerprint density at radius 3 is 0.934 bits per heavy atom. The van der Waals surface area contributed by atoms with Gasteiger partial charge in [0.25, 0.3) is 0 Å². The molecular formula is C72H48N2S2. The smallest absolute Gasteiger partial charge is 0.0540 e. The summed E-state index contributed by atoms with van der Waals surface area (Å²) in [5.74, 6) is 0. The summed E-state index contributed by atoms with van der Waals surface area (Å²) in [5, 5.41) is 9.88. The average molecular weight is 1010 g/mol. The summed E-state index contributed by atoms with van der Waals surface area (Å²) in [6.45, 7) is 0. The molecule has 0 atom stereocenters. The van der Waals surface area contributed by atoms with Crippen LogP contribution in [0.3, 0.4) is 0 Å². The van der Waals surface area contributed by atoms with Crippen molar-refractivity contribution in [2.24, 2.45) is 0 Å². The molecule has 0 saturated heterocycles. The molecule has 0 fully saturated rings. The van der Waals surface area contributed by atoms with Crippen LogP contribution in [0.5, 0.6) is 0 Å². The third-order valence-electron chi connectivity index (χ3n) is 14.7. The van der Waals surface area contributed by atoms with E-state index in [1.165, 1.54) is 96.0 Å². The van der Waals surface area contributed by atoms with Gasteiger partial charge in [0.05, 0.1) is 11.4 Å². The van der Waals surface area contributed by atoms with Gasteiger partial charge in [0.1, 0.15) is 0 Å². The molecule has 14 aromatic rings. The van der Waals surface area contributed by atoms with Gasteiger partial charge in [0.2, 0.25) is 0 Å². The predicted octanol–water partition coefficient (Wildman–Crippen LogP) is 21.7. The second-order valence-corrected chi connectivity index (χ2v) is 21.3. The quantitative estimate of drug-likeness (QED) is 0.127. The molecule has 2 aromatic heterocycles. The topological polar surface area (TPSA) is 6.48 Å². The second-order valence-electron chi connectivity index (χ2n) is 19.2. The molecule has 0 amide bonds. The summed E-state index contributed by atoms with van der Waals surface area (Å²) >= 11 is 3.70. The molecule has 0 N–H and O–H groups in total. The van der Waals surface area contributed by atoms with Crippen molar-refractivity contribution in [3.05, 3.63) is 291 Å². The first kappa shape index (κ1) is 45.3. The number of rotatable bonds is 11. The largest absolute Gasteiger partial charge is 0.310 e. The van der Waals surface area contributed by atoms with Crippen LogP contribution in [0.4, 0.5) is 34.1 Å². The third kappa shape index (κ3) is 8.22. The Morgan fingerprint density at radius 1 is 0.197 bits per heavy atom. The molecule has 0 radical (unpaired) electrons. The van der Waals surface area contributed by atoms with E-state index in [-0.39, 0.29) is 0 Å². The predicted molar refractivity (Wildman–Crippen MR) is 329 cm³/mol. The number of benzene rings is 12.